The molecule has 13 heavy (non-hydrogen) atoms. The maximum Gasteiger partial charge on any atom is 0.311 e. The summed E-state index contributed by atoms with van der Waals surface area (Å²) in [6, 6.07) is 0. The zero-order valence-corrected chi connectivity index (χ0v) is 7.82. The van der Waals surface area contributed by atoms with Gasteiger partial charge in [-0.3, -0.25) is 9.59 Å². The van der Waals surface area contributed by atoms with Gasteiger partial charge in [0.1, 0.15) is 0 Å². The van der Waals surface area contributed by atoms with Gasteiger partial charge in [-0.15, -0.1) is 0 Å². The second-order valence-corrected chi connectivity index (χ2v) is 3.09. The number of carbonyl (C=O) groups is 2. The number of hydrogen-bond acceptors (Lipinski definition) is 3. The number of carbonyl (C=O) groups excluding carboxylic acids is 2. The number of primary amides is 1. The number of likely N-dealkylation sites (N-methyl/N-ethyl adjacent to an activating group) is 1. The van der Waals surface area contributed by atoms with Crippen LogP contribution in [0.15, 0.2) is 0 Å². The molecule has 1 fully saturated rings. The summed E-state index contributed by atoms with van der Waals surface area (Å²) < 4.78 is 0. The van der Waals surface area contributed by atoms with Crippen molar-refractivity contribution in [1.29, 1.82) is 0 Å². The average Bonchev–Trinajstić information content (AvgIpc) is 2.17. The van der Waals surface area contributed by atoms with Crippen molar-refractivity contribution in [2.45, 2.75) is 6.92 Å². The molecule has 0 aromatic carbocycles. The summed E-state index contributed by atoms with van der Waals surface area (Å²) >= 11 is 0. The minimum Gasteiger partial charge on any atom is -0.361 e. The van der Waals surface area contributed by atoms with Crippen LogP contribution in [0.4, 0.5) is 0 Å². The van der Waals surface area contributed by atoms with E-state index in [-0.39, 0.29) is 0 Å². The molecule has 0 atom stereocenters. The van der Waals surface area contributed by atoms with Crippen LogP contribution in [0.2, 0.25) is 0 Å². The van der Waals surface area contributed by atoms with Crippen LogP contribution in [-0.2, 0) is 9.59 Å². The Hall–Kier alpha value is -1.10. The lowest BCUT2D eigenvalue weighted by molar-refractivity contribution is -0.145. The molecule has 0 unspecified atom stereocenters. The first kappa shape index (κ1) is 9.98. The number of rotatable bonds is 1. The van der Waals surface area contributed by atoms with Gasteiger partial charge in [-0.25, -0.2) is 0 Å². The van der Waals surface area contributed by atoms with Crippen molar-refractivity contribution in [1.82, 2.24) is 9.80 Å². The highest BCUT2D eigenvalue weighted by molar-refractivity contribution is 6.34. The van der Waals surface area contributed by atoms with Gasteiger partial charge < -0.3 is 15.5 Å². The number of hydrogen-bond donors (Lipinski definition) is 1. The Morgan fingerprint density at radius 1 is 1.23 bits per heavy atom. The molecule has 0 aromatic heterocycles. The molecule has 2 amide bonds. The van der Waals surface area contributed by atoms with E-state index in [0.717, 1.165) is 19.6 Å². The van der Waals surface area contributed by atoms with E-state index in [1.165, 1.54) is 4.90 Å². The summed E-state index contributed by atoms with van der Waals surface area (Å²) in [6.07, 6.45) is 0. The minimum absolute atomic E-state index is 0.559. The standard InChI is InChI=1S/C8H15N3O2/c1-2-10-3-5-11(6-4-10)8(13)7(9)12/h2-6H2,1H3,(H2,9,12). The largest absolute Gasteiger partial charge is 0.361 e. The molecular weight excluding hydrogens is 170 g/mol. The van der Waals surface area contributed by atoms with E-state index in [0.29, 0.717) is 13.1 Å². The molecule has 1 saturated heterocycles. The van der Waals surface area contributed by atoms with Gasteiger partial charge in [0.15, 0.2) is 0 Å². The molecule has 74 valence electrons. The van der Waals surface area contributed by atoms with E-state index in [2.05, 4.69) is 11.8 Å². The van der Waals surface area contributed by atoms with E-state index in [1.807, 2.05) is 0 Å². The lowest BCUT2D eigenvalue weighted by Crippen LogP contribution is -2.51. The molecule has 0 aromatic rings. The fraction of sp³-hybridized carbons (Fsp3) is 0.750. The summed E-state index contributed by atoms with van der Waals surface area (Å²) in [4.78, 5) is 25.4. The quantitative estimate of drug-likeness (QED) is 0.513. The second kappa shape index (κ2) is 4.23. The number of nitrogens with zero attached hydrogens (tertiary/aromatic N) is 2. The van der Waals surface area contributed by atoms with Gasteiger partial charge in [0, 0.05) is 26.2 Å². The molecule has 2 N–H and O–H groups in total. The first-order valence-electron chi connectivity index (χ1n) is 4.46. The molecule has 1 aliphatic heterocycles. The summed E-state index contributed by atoms with van der Waals surface area (Å²) in [7, 11) is 0. The van der Waals surface area contributed by atoms with Crippen LogP contribution in [-0.4, -0.2) is 54.3 Å². The Balaban J connectivity index is 2.41. The molecule has 0 aliphatic carbocycles. The van der Waals surface area contributed by atoms with E-state index in [9.17, 15) is 9.59 Å². The first-order chi connectivity index (χ1) is 6.15. The van der Waals surface area contributed by atoms with Crippen molar-refractivity contribution in [3.63, 3.8) is 0 Å². The smallest absolute Gasteiger partial charge is 0.311 e. The van der Waals surface area contributed by atoms with Crippen molar-refractivity contribution in [3.8, 4) is 0 Å². The normalized spacial score (nSPS) is 18.7. The average molecular weight is 185 g/mol. The summed E-state index contributed by atoms with van der Waals surface area (Å²) in [5, 5.41) is 0. The molecule has 0 saturated carbocycles. The van der Waals surface area contributed by atoms with Crippen LogP contribution < -0.4 is 5.73 Å². The lowest BCUT2D eigenvalue weighted by Gasteiger charge is -2.33. The van der Waals surface area contributed by atoms with Gasteiger partial charge in [-0.05, 0) is 6.54 Å². The third-order valence-corrected chi connectivity index (χ3v) is 2.32. The minimum atomic E-state index is -0.857. The van der Waals surface area contributed by atoms with Gasteiger partial charge in [0.2, 0.25) is 0 Å². The Morgan fingerprint density at radius 2 is 1.77 bits per heavy atom. The van der Waals surface area contributed by atoms with Crippen LogP contribution >= 0.6 is 0 Å². The van der Waals surface area contributed by atoms with Gasteiger partial charge in [-0.1, -0.05) is 6.92 Å². The van der Waals surface area contributed by atoms with Gasteiger partial charge in [-0.2, -0.15) is 0 Å². The Labute approximate surface area is 77.5 Å². The van der Waals surface area contributed by atoms with E-state index in [4.69, 9.17) is 5.73 Å². The second-order valence-electron chi connectivity index (χ2n) is 3.09. The highest BCUT2D eigenvalue weighted by Crippen LogP contribution is 2.00. The van der Waals surface area contributed by atoms with E-state index >= 15 is 0 Å². The van der Waals surface area contributed by atoms with Crippen LogP contribution in [0, 0.1) is 0 Å². The maximum atomic E-state index is 11.1. The molecule has 1 rings (SSSR count). The molecule has 0 radical (unpaired) electrons. The topological polar surface area (TPSA) is 66.6 Å². The fourth-order valence-corrected chi connectivity index (χ4v) is 1.42. The highest BCUT2D eigenvalue weighted by atomic mass is 16.2. The number of piperazine rings is 1. The van der Waals surface area contributed by atoms with Crippen LogP contribution in [0.25, 0.3) is 0 Å². The van der Waals surface area contributed by atoms with Crippen molar-refractivity contribution >= 4 is 11.8 Å². The zero-order chi connectivity index (χ0) is 9.84. The van der Waals surface area contributed by atoms with Crippen molar-refractivity contribution in [2.24, 2.45) is 5.73 Å². The fourth-order valence-electron chi connectivity index (χ4n) is 1.42. The van der Waals surface area contributed by atoms with Crippen LogP contribution in [0.1, 0.15) is 6.92 Å². The number of nitrogens with two attached hydrogens (primary N) is 1. The SMILES string of the molecule is CCN1CCN(C(=O)C(N)=O)CC1. The molecule has 0 bridgehead atoms. The summed E-state index contributed by atoms with van der Waals surface area (Å²) in [5.74, 6) is -1.42. The third-order valence-electron chi connectivity index (χ3n) is 2.32. The van der Waals surface area contributed by atoms with Gasteiger partial charge >= 0.3 is 11.8 Å². The zero-order valence-electron chi connectivity index (χ0n) is 7.82. The monoisotopic (exact) mass is 185 g/mol. The summed E-state index contributed by atoms with van der Waals surface area (Å²) in [5.41, 5.74) is 4.89. The van der Waals surface area contributed by atoms with Gasteiger partial charge in [0.05, 0.1) is 0 Å². The molecule has 5 nitrogen and oxygen atoms in total. The number of amides is 2. The van der Waals surface area contributed by atoms with E-state index in [1.54, 1.807) is 0 Å². The molecule has 0 spiro atoms. The Morgan fingerprint density at radius 3 is 2.15 bits per heavy atom. The van der Waals surface area contributed by atoms with E-state index < -0.39 is 11.8 Å². The predicted octanol–water partition coefficient (Wildman–Crippen LogP) is -1.36. The van der Waals surface area contributed by atoms with Crippen molar-refractivity contribution < 1.29 is 9.59 Å². The van der Waals surface area contributed by atoms with Crippen LogP contribution in [0.3, 0.4) is 0 Å². The molecule has 1 heterocycles. The maximum absolute atomic E-state index is 11.1. The highest BCUT2D eigenvalue weighted by Gasteiger charge is 2.23. The molecular formula is C8H15N3O2. The van der Waals surface area contributed by atoms with Gasteiger partial charge in [0.25, 0.3) is 0 Å². The predicted molar refractivity (Wildman–Crippen MR) is 47.9 cm³/mol. The Kier molecular flexibility index (Phi) is 3.25. The van der Waals surface area contributed by atoms with Crippen molar-refractivity contribution in [3.05, 3.63) is 0 Å². The molecule has 1 aliphatic rings. The lowest BCUT2D eigenvalue weighted by atomic mass is 10.3. The third kappa shape index (κ3) is 2.42. The first-order valence-corrected chi connectivity index (χ1v) is 4.46. The van der Waals surface area contributed by atoms with Crippen LogP contribution in [0.5, 0.6) is 0 Å². The summed E-state index contributed by atoms with van der Waals surface area (Å²) in [6.45, 7) is 5.93. The van der Waals surface area contributed by atoms with Crippen molar-refractivity contribution in [2.75, 3.05) is 32.7 Å². The molecule has 5 heteroatoms. The Bertz CT molecular complexity index is 209.